The lowest BCUT2D eigenvalue weighted by Gasteiger charge is -2.16. The molecule has 0 aliphatic rings. The molecule has 0 aliphatic carbocycles. The second-order valence-electron chi connectivity index (χ2n) is 5.11. The molecule has 2 heterocycles. The lowest BCUT2D eigenvalue weighted by Crippen LogP contribution is -2.27. The van der Waals surface area contributed by atoms with E-state index in [0.717, 1.165) is 17.9 Å². The van der Waals surface area contributed by atoms with Crippen molar-refractivity contribution < 1.29 is 4.79 Å². The molecule has 0 spiro atoms. The van der Waals surface area contributed by atoms with Gasteiger partial charge < -0.3 is 4.90 Å². The summed E-state index contributed by atoms with van der Waals surface area (Å²) in [4.78, 5) is 14.2. The maximum Gasteiger partial charge on any atom is 0.257 e. The van der Waals surface area contributed by atoms with Gasteiger partial charge in [0.2, 0.25) is 0 Å². The fraction of sp³-hybridized carbons (Fsp3) is 0.500. The van der Waals surface area contributed by atoms with Crippen LogP contribution in [0.5, 0.6) is 0 Å². The molecule has 7 heteroatoms. The van der Waals surface area contributed by atoms with Crippen molar-refractivity contribution in [3.8, 4) is 0 Å². The Bertz CT molecular complexity index is 673. The van der Waals surface area contributed by atoms with Crippen LogP contribution in [-0.4, -0.2) is 37.4 Å². The molecular weight excluding hydrogens is 290 g/mol. The summed E-state index contributed by atoms with van der Waals surface area (Å²) in [5.74, 6) is -0.0692. The summed E-state index contributed by atoms with van der Waals surface area (Å²) in [6.07, 6.45) is 1.77. The molecule has 0 aromatic carbocycles. The summed E-state index contributed by atoms with van der Waals surface area (Å²) in [7, 11) is 3.58. The minimum Gasteiger partial charge on any atom is -0.336 e. The molecular formula is C14H20ClN5O. The molecule has 0 aliphatic heterocycles. The second kappa shape index (κ2) is 5.89. The van der Waals surface area contributed by atoms with Crippen LogP contribution in [0.2, 0.25) is 5.02 Å². The minimum absolute atomic E-state index is 0.0692. The first-order chi connectivity index (χ1) is 9.85. The van der Waals surface area contributed by atoms with Gasteiger partial charge in [-0.15, -0.1) is 0 Å². The van der Waals surface area contributed by atoms with Gasteiger partial charge in [-0.2, -0.15) is 10.2 Å². The Morgan fingerprint density at radius 2 is 2.05 bits per heavy atom. The summed E-state index contributed by atoms with van der Waals surface area (Å²) in [5, 5.41) is 9.22. The van der Waals surface area contributed by atoms with Crippen LogP contribution in [0.15, 0.2) is 6.20 Å². The van der Waals surface area contributed by atoms with Crippen molar-refractivity contribution in [1.82, 2.24) is 24.5 Å². The number of hydrogen-bond acceptors (Lipinski definition) is 3. The smallest absolute Gasteiger partial charge is 0.257 e. The van der Waals surface area contributed by atoms with E-state index in [0.29, 0.717) is 22.8 Å². The van der Waals surface area contributed by atoms with E-state index in [1.165, 1.54) is 0 Å². The van der Waals surface area contributed by atoms with Crippen molar-refractivity contribution in [3.63, 3.8) is 0 Å². The zero-order valence-electron chi connectivity index (χ0n) is 13.0. The number of carbonyl (C=O) groups is 1. The van der Waals surface area contributed by atoms with Crippen LogP contribution < -0.4 is 0 Å². The van der Waals surface area contributed by atoms with Crippen molar-refractivity contribution in [1.29, 1.82) is 0 Å². The number of hydrogen-bond donors (Lipinski definition) is 0. The Labute approximate surface area is 129 Å². The first-order valence-corrected chi connectivity index (χ1v) is 7.20. The SMILES string of the molecule is CCn1cc(Cl)c(CN(C)C(=O)c2c(C)nn(C)c2C)n1. The van der Waals surface area contributed by atoms with Crippen LogP contribution in [0.1, 0.15) is 34.4 Å². The Morgan fingerprint density at radius 3 is 2.52 bits per heavy atom. The standard InChI is InChI=1S/C14H20ClN5O/c1-6-20-7-11(15)12(17-20)8-18(4)14(21)13-9(2)16-19(5)10(13)3/h7H,6,8H2,1-5H3. The summed E-state index contributed by atoms with van der Waals surface area (Å²) < 4.78 is 3.48. The first-order valence-electron chi connectivity index (χ1n) is 6.82. The van der Waals surface area contributed by atoms with Crippen LogP contribution in [0.25, 0.3) is 0 Å². The average molecular weight is 310 g/mol. The van der Waals surface area contributed by atoms with Gasteiger partial charge >= 0.3 is 0 Å². The zero-order chi connectivity index (χ0) is 15.7. The van der Waals surface area contributed by atoms with Crippen molar-refractivity contribution in [2.24, 2.45) is 7.05 Å². The highest BCUT2D eigenvalue weighted by molar-refractivity contribution is 6.31. The second-order valence-corrected chi connectivity index (χ2v) is 5.52. The molecule has 0 saturated carbocycles. The van der Waals surface area contributed by atoms with Crippen LogP contribution in [-0.2, 0) is 20.1 Å². The lowest BCUT2D eigenvalue weighted by atomic mass is 10.1. The monoisotopic (exact) mass is 309 g/mol. The largest absolute Gasteiger partial charge is 0.336 e. The van der Waals surface area contributed by atoms with Crippen LogP contribution >= 0.6 is 11.6 Å². The molecule has 2 aromatic rings. The van der Waals surface area contributed by atoms with E-state index in [1.54, 1.807) is 27.5 Å². The van der Waals surface area contributed by atoms with Gasteiger partial charge in [0.1, 0.15) is 5.69 Å². The maximum absolute atomic E-state index is 12.6. The van der Waals surface area contributed by atoms with E-state index in [4.69, 9.17) is 11.6 Å². The average Bonchev–Trinajstić information content (AvgIpc) is 2.90. The molecule has 0 atom stereocenters. The van der Waals surface area contributed by atoms with E-state index in [9.17, 15) is 4.79 Å². The number of aromatic nitrogens is 4. The molecule has 2 aromatic heterocycles. The van der Waals surface area contributed by atoms with Gasteiger partial charge in [-0.1, -0.05) is 11.6 Å². The van der Waals surface area contributed by atoms with Gasteiger partial charge in [0.25, 0.3) is 5.91 Å². The van der Waals surface area contributed by atoms with Crippen molar-refractivity contribution >= 4 is 17.5 Å². The van der Waals surface area contributed by atoms with Gasteiger partial charge in [0, 0.05) is 32.5 Å². The number of amides is 1. The summed E-state index contributed by atoms with van der Waals surface area (Å²) in [6.45, 7) is 6.84. The number of halogens is 1. The summed E-state index contributed by atoms with van der Waals surface area (Å²) in [5.41, 5.74) is 2.94. The predicted octanol–water partition coefficient (Wildman–Crippen LogP) is 2.18. The van der Waals surface area contributed by atoms with Gasteiger partial charge in [-0.3, -0.25) is 14.2 Å². The quantitative estimate of drug-likeness (QED) is 0.870. The molecule has 114 valence electrons. The minimum atomic E-state index is -0.0692. The Balaban J connectivity index is 2.21. The summed E-state index contributed by atoms with van der Waals surface area (Å²) in [6, 6.07) is 0. The Morgan fingerprint density at radius 1 is 1.38 bits per heavy atom. The molecule has 21 heavy (non-hydrogen) atoms. The maximum atomic E-state index is 12.6. The van der Waals surface area contributed by atoms with E-state index in [-0.39, 0.29) is 5.91 Å². The van der Waals surface area contributed by atoms with Gasteiger partial charge in [0.15, 0.2) is 0 Å². The normalized spacial score (nSPS) is 11.0. The molecule has 2 rings (SSSR count). The fourth-order valence-corrected chi connectivity index (χ4v) is 2.49. The molecule has 0 radical (unpaired) electrons. The van der Waals surface area contributed by atoms with Crippen LogP contribution in [0.4, 0.5) is 0 Å². The number of carbonyl (C=O) groups excluding carboxylic acids is 1. The van der Waals surface area contributed by atoms with Crippen molar-refractivity contribution in [2.45, 2.75) is 33.9 Å². The third-order valence-corrected chi connectivity index (χ3v) is 3.88. The van der Waals surface area contributed by atoms with Gasteiger partial charge in [-0.25, -0.2) is 0 Å². The Hall–Kier alpha value is -1.82. The van der Waals surface area contributed by atoms with Gasteiger partial charge in [-0.05, 0) is 20.8 Å². The summed E-state index contributed by atoms with van der Waals surface area (Å²) >= 11 is 6.15. The van der Waals surface area contributed by atoms with E-state index in [2.05, 4.69) is 10.2 Å². The lowest BCUT2D eigenvalue weighted by molar-refractivity contribution is 0.0781. The predicted molar refractivity (Wildman–Crippen MR) is 81.4 cm³/mol. The molecule has 0 fully saturated rings. The number of nitrogens with zero attached hydrogens (tertiary/aromatic N) is 5. The molecule has 6 nitrogen and oxygen atoms in total. The fourth-order valence-electron chi connectivity index (χ4n) is 2.28. The molecule has 0 N–H and O–H groups in total. The highest BCUT2D eigenvalue weighted by Gasteiger charge is 2.22. The van der Waals surface area contributed by atoms with E-state index < -0.39 is 0 Å². The highest BCUT2D eigenvalue weighted by atomic mass is 35.5. The van der Waals surface area contributed by atoms with Crippen molar-refractivity contribution in [3.05, 3.63) is 33.9 Å². The van der Waals surface area contributed by atoms with Gasteiger partial charge in [0.05, 0.1) is 22.8 Å². The molecule has 0 unspecified atom stereocenters. The van der Waals surface area contributed by atoms with E-state index >= 15 is 0 Å². The number of rotatable bonds is 4. The topological polar surface area (TPSA) is 56.0 Å². The Kier molecular flexibility index (Phi) is 4.37. The van der Waals surface area contributed by atoms with Crippen LogP contribution in [0, 0.1) is 13.8 Å². The first kappa shape index (κ1) is 15.6. The third-order valence-electron chi connectivity index (χ3n) is 3.57. The van der Waals surface area contributed by atoms with Crippen molar-refractivity contribution in [2.75, 3.05) is 7.05 Å². The molecule has 0 saturated heterocycles. The van der Waals surface area contributed by atoms with Crippen LogP contribution in [0.3, 0.4) is 0 Å². The highest BCUT2D eigenvalue weighted by Crippen LogP contribution is 2.19. The number of aryl methyl sites for hydroxylation is 3. The third kappa shape index (κ3) is 2.95. The van der Waals surface area contributed by atoms with E-state index in [1.807, 2.05) is 27.8 Å². The zero-order valence-corrected chi connectivity index (χ0v) is 13.8. The molecule has 0 bridgehead atoms. The molecule has 1 amide bonds.